The van der Waals surface area contributed by atoms with Crippen molar-refractivity contribution in [2.24, 2.45) is 5.92 Å². The number of anilines is 1. The number of aromatic nitrogens is 2. The molecule has 0 spiro atoms. The molecule has 182 valence electrons. The first-order valence-corrected chi connectivity index (χ1v) is 13.2. The Hall–Kier alpha value is -1.62. The third kappa shape index (κ3) is 7.18. The second-order valence-corrected chi connectivity index (χ2v) is 10.2. The number of piperazine rings is 1. The van der Waals surface area contributed by atoms with Crippen molar-refractivity contribution < 1.29 is 14.3 Å². The van der Waals surface area contributed by atoms with Gasteiger partial charge in [0.2, 0.25) is 11.8 Å². The van der Waals surface area contributed by atoms with Crippen molar-refractivity contribution in [3.8, 4) is 0 Å². The average molecular weight is 497 g/mol. The van der Waals surface area contributed by atoms with Crippen molar-refractivity contribution in [2.45, 2.75) is 37.4 Å². The first-order chi connectivity index (χ1) is 16.0. The standard InChI is InChI=1S/C22H33ClN6O3S/c1-16-14-28(7-8-29(16)21(31)17-3-4-17)19-13-18(23)25-22(26-19)33-15-20(30)24-5-2-6-27-9-11-32-12-10-27/h13,16-17H,2-12,14-15H2,1H3,(H,24,30). The van der Waals surface area contributed by atoms with Crippen molar-refractivity contribution in [3.05, 3.63) is 11.2 Å². The van der Waals surface area contributed by atoms with Gasteiger partial charge in [0.1, 0.15) is 11.0 Å². The number of carbonyl (C=O) groups excluding carboxylic acids is 2. The van der Waals surface area contributed by atoms with E-state index in [-0.39, 0.29) is 29.5 Å². The maximum Gasteiger partial charge on any atom is 0.230 e. The van der Waals surface area contributed by atoms with Gasteiger partial charge in [0.05, 0.1) is 19.0 Å². The van der Waals surface area contributed by atoms with E-state index < -0.39 is 0 Å². The normalized spacial score (nSPS) is 21.8. The van der Waals surface area contributed by atoms with Gasteiger partial charge < -0.3 is 19.9 Å². The molecule has 33 heavy (non-hydrogen) atoms. The van der Waals surface area contributed by atoms with Crippen molar-refractivity contribution in [3.63, 3.8) is 0 Å². The summed E-state index contributed by atoms with van der Waals surface area (Å²) >= 11 is 7.54. The number of nitrogens with one attached hydrogen (secondary N) is 1. The van der Waals surface area contributed by atoms with Gasteiger partial charge in [-0.15, -0.1) is 0 Å². The van der Waals surface area contributed by atoms with E-state index in [1.165, 1.54) is 11.8 Å². The van der Waals surface area contributed by atoms with Crippen molar-refractivity contribution in [1.82, 2.24) is 25.1 Å². The van der Waals surface area contributed by atoms with E-state index in [2.05, 4.69) is 32.0 Å². The molecule has 0 bridgehead atoms. The molecule has 1 aromatic heterocycles. The average Bonchev–Trinajstić information content (AvgIpc) is 3.66. The fourth-order valence-corrected chi connectivity index (χ4v) is 5.12. The highest BCUT2D eigenvalue weighted by Crippen LogP contribution is 2.32. The number of thioether (sulfide) groups is 1. The van der Waals surface area contributed by atoms with E-state index in [0.717, 1.165) is 57.9 Å². The molecule has 1 aliphatic carbocycles. The summed E-state index contributed by atoms with van der Waals surface area (Å²) in [7, 11) is 0. The second kappa shape index (κ2) is 11.7. The quantitative estimate of drug-likeness (QED) is 0.238. The van der Waals surface area contributed by atoms with Crippen molar-refractivity contribution >= 4 is 41.0 Å². The van der Waals surface area contributed by atoms with E-state index >= 15 is 0 Å². The Bertz CT molecular complexity index is 836. The van der Waals surface area contributed by atoms with Crippen molar-refractivity contribution in [1.29, 1.82) is 0 Å². The summed E-state index contributed by atoms with van der Waals surface area (Å²) in [6, 6.07) is 1.88. The molecule has 2 amide bonds. The zero-order valence-corrected chi connectivity index (χ0v) is 20.7. The Morgan fingerprint density at radius 3 is 2.73 bits per heavy atom. The molecule has 3 heterocycles. The predicted octanol–water partition coefficient (Wildman–Crippen LogP) is 1.51. The first kappa shape index (κ1) is 24.5. The van der Waals surface area contributed by atoms with Crippen LogP contribution in [0.2, 0.25) is 5.15 Å². The number of morpholine rings is 1. The molecule has 9 nitrogen and oxygen atoms in total. The van der Waals surface area contributed by atoms with E-state index in [9.17, 15) is 9.59 Å². The summed E-state index contributed by atoms with van der Waals surface area (Å²) in [5.41, 5.74) is 0. The summed E-state index contributed by atoms with van der Waals surface area (Å²) in [5, 5.41) is 3.82. The lowest BCUT2D eigenvalue weighted by Crippen LogP contribution is -2.54. The molecule has 1 saturated carbocycles. The molecule has 1 atom stereocenters. The third-order valence-corrected chi connectivity index (χ3v) is 7.27. The molecule has 1 N–H and O–H groups in total. The van der Waals surface area contributed by atoms with Crippen LogP contribution in [0, 0.1) is 5.92 Å². The van der Waals surface area contributed by atoms with Crippen LogP contribution < -0.4 is 10.2 Å². The molecule has 1 unspecified atom stereocenters. The lowest BCUT2D eigenvalue weighted by atomic mass is 10.1. The zero-order chi connectivity index (χ0) is 23.2. The number of carbonyl (C=O) groups is 2. The Morgan fingerprint density at radius 1 is 1.21 bits per heavy atom. The van der Waals surface area contributed by atoms with Crippen LogP contribution in [-0.2, 0) is 14.3 Å². The van der Waals surface area contributed by atoms with E-state index in [0.29, 0.717) is 36.5 Å². The highest BCUT2D eigenvalue weighted by atomic mass is 35.5. The Labute approximate surface area is 204 Å². The summed E-state index contributed by atoms with van der Waals surface area (Å²) < 4.78 is 5.35. The molecular weight excluding hydrogens is 464 g/mol. The minimum Gasteiger partial charge on any atom is -0.379 e. The lowest BCUT2D eigenvalue weighted by molar-refractivity contribution is -0.135. The van der Waals surface area contributed by atoms with Gasteiger partial charge in [0.25, 0.3) is 0 Å². The maximum atomic E-state index is 12.5. The molecule has 4 rings (SSSR count). The Balaban J connectivity index is 1.21. The molecule has 0 aromatic carbocycles. The van der Waals surface area contributed by atoms with Crippen molar-refractivity contribution in [2.75, 3.05) is 69.7 Å². The molecule has 3 aliphatic rings. The summed E-state index contributed by atoms with van der Waals surface area (Å²) in [6.07, 6.45) is 2.96. The van der Waals surface area contributed by atoms with Crippen LogP contribution in [-0.4, -0.2) is 102 Å². The number of amides is 2. The SMILES string of the molecule is CC1CN(c2cc(Cl)nc(SCC(=O)NCCCN3CCOCC3)n2)CCN1C(=O)C1CC1. The molecule has 3 fully saturated rings. The molecule has 1 aromatic rings. The van der Waals surface area contributed by atoms with Crippen LogP contribution >= 0.6 is 23.4 Å². The van der Waals surface area contributed by atoms with Crippen LogP contribution in [0.5, 0.6) is 0 Å². The fraction of sp³-hybridized carbons (Fsp3) is 0.727. The molecule has 11 heteroatoms. The zero-order valence-electron chi connectivity index (χ0n) is 19.2. The van der Waals surface area contributed by atoms with E-state index in [4.69, 9.17) is 16.3 Å². The van der Waals surface area contributed by atoms with Gasteiger partial charge in [0, 0.05) is 57.3 Å². The highest BCUT2D eigenvalue weighted by Gasteiger charge is 2.37. The van der Waals surface area contributed by atoms with Crippen LogP contribution in [0.1, 0.15) is 26.2 Å². The number of nitrogens with zero attached hydrogens (tertiary/aromatic N) is 5. The van der Waals surface area contributed by atoms with Gasteiger partial charge in [-0.05, 0) is 32.7 Å². The number of hydrogen-bond donors (Lipinski definition) is 1. The van der Waals surface area contributed by atoms with E-state index in [1.54, 1.807) is 6.07 Å². The van der Waals surface area contributed by atoms with Gasteiger partial charge >= 0.3 is 0 Å². The monoisotopic (exact) mass is 496 g/mol. The molecule has 0 radical (unpaired) electrons. The number of rotatable bonds is 9. The molecular formula is C22H33ClN6O3S. The molecule has 2 aliphatic heterocycles. The lowest BCUT2D eigenvalue weighted by Gasteiger charge is -2.40. The minimum absolute atomic E-state index is 0.0343. The summed E-state index contributed by atoms with van der Waals surface area (Å²) in [6.45, 7) is 9.31. The van der Waals surface area contributed by atoms with E-state index in [1.807, 2.05) is 4.90 Å². The van der Waals surface area contributed by atoms with Gasteiger partial charge in [-0.25, -0.2) is 9.97 Å². The largest absolute Gasteiger partial charge is 0.379 e. The maximum absolute atomic E-state index is 12.5. The number of hydrogen-bond acceptors (Lipinski definition) is 8. The Kier molecular flexibility index (Phi) is 8.67. The first-order valence-electron chi connectivity index (χ1n) is 11.8. The number of halogens is 1. The van der Waals surface area contributed by atoms with Gasteiger partial charge in [-0.2, -0.15) is 0 Å². The predicted molar refractivity (Wildman–Crippen MR) is 129 cm³/mol. The third-order valence-electron chi connectivity index (χ3n) is 6.23. The summed E-state index contributed by atoms with van der Waals surface area (Å²) in [5.74, 6) is 1.48. The number of ether oxygens (including phenoxy) is 1. The van der Waals surface area contributed by atoms with Gasteiger partial charge in [0.15, 0.2) is 5.16 Å². The van der Waals surface area contributed by atoms with Crippen LogP contribution in [0.25, 0.3) is 0 Å². The fourth-order valence-electron chi connectivity index (χ4n) is 4.21. The van der Waals surface area contributed by atoms with Crippen LogP contribution in [0.4, 0.5) is 5.82 Å². The van der Waals surface area contributed by atoms with Crippen LogP contribution in [0.3, 0.4) is 0 Å². The second-order valence-electron chi connectivity index (χ2n) is 8.88. The molecule has 2 saturated heterocycles. The minimum atomic E-state index is -0.0343. The van der Waals surface area contributed by atoms with Gasteiger partial charge in [-0.1, -0.05) is 23.4 Å². The van der Waals surface area contributed by atoms with Gasteiger partial charge in [-0.3, -0.25) is 14.5 Å². The van der Waals surface area contributed by atoms with Crippen LogP contribution in [0.15, 0.2) is 11.2 Å². The summed E-state index contributed by atoms with van der Waals surface area (Å²) in [4.78, 5) is 40.1. The topological polar surface area (TPSA) is 90.9 Å². The Morgan fingerprint density at radius 2 is 2.00 bits per heavy atom. The highest BCUT2D eigenvalue weighted by molar-refractivity contribution is 7.99. The smallest absolute Gasteiger partial charge is 0.230 e.